The summed E-state index contributed by atoms with van der Waals surface area (Å²) in [5.41, 5.74) is 0.950. The Morgan fingerprint density at radius 2 is 1.92 bits per heavy atom. The zero-order chi connectivity index (χ0) is 17.2. The van der Waals surface area contributed by atoms with E-state index in [1.54, 1.807) is 12.1 Å². The summed E-state index contributed by atoms with van der Waals surface area (Å²) >= 11 is 0. The van der Waals surface area contributed by atoms with Crippen LogP contribution in [0, 0.1) is 5.82 Å². The van der Waals surface area contributed by atoms with Gasteiger partial charge in [-0.1, -0.05) is 0 Å². The number of aromatic nitrogens is 3. The first kappa shape index (κ1) is 16.2. The first-order valence-corrected chi connectivity index (χ1v) is 8.63. The molecule has 2 aliphatic rings. The number of likely N-dealkylation sites (tertiary alicyclic amines) is 1. The predicted molar refractivity (Wildman–Crippen MR) is 90.1 cm³/mol. The Balaban J connectivity index is 1.42. The molecule has 2 fully saturated rings. The largest absolute Gasteiger partial charge is 0.336 e. The van der Waals surface area contributed by atoms with E-state index in [2.05, 4.69) is 20.4 Å². The van der Waals surface area contributed by atoms with Crippen molar-refractivity contribution >= 4 is 5.91 Å². The number of halogens is 1. The van der Waals surface area contributed by atoms with Crippen molar-refractivity contribution in [2.24, 2.45) is 0 Å². The van der Waals surface area contributed by atoms with Gasteiger partial charge in [0.2, 0.25) is 0 Å². The highest BCUT2D eigenvalue weighted by molar-refractivity contribution is 5.92. The van der Waals surface area contributed by atoms with Gasteiger partial charge in [-0.25, -0.2) is 4.39 Å². The Hall–Kier alpha value is -2.32. The smallest absolute Gasteiger partial charge is 0.276 e. The quantitative estimate of drug-likeness (QED) is 0.880. The van der Waals surface area contributed by atoms with Crippen LogP contribution in [0.5, 0.6) is 0 Å². The van der Waals surface area contributed by atoms with Gasteiger partial charge in [-0.2, -0.15) is 9.90 Å². The topological polar surface area (TPSA) is 66.3 Å². The molecule has 0 saturated carbocycles. The summed E-state index contributed by atoms with van der Waals surface area (Å²) in [6.07, 6.45) is 2.47. The highest BCUT2D eigenvalue weighted by atomic mass is 19.1. The van der Waals surface area contributed by atoms with E-state index in [-0.39, 0.29) is 11.7 Å². The minimum Gasteiger partial charge on any atom is -0.336 e. The van der Waals surface area contributed by atoms with Crippen molar-refractivity contribution in [3.63, 3.8) is 0 Å². The Morgan fingerprint density at radius 3 is 2.68 bits per heavy atom. The van der Waals surface area contributed by atoms with Crippen molar-refractivity contribution in [3.8, 4) is 5.69 Å². The predicted octanol–water partition coefficient (Wildman–Crippen LogP) is 0.526. The number of rotatable bonds is 3. The lowest BCUT2D eigenvalue weighted by atomic mass is 10.2. The van der Waals surface area contributed by atoms with Gasteiger partial charge >= 0.3 is 0 Å². The third kappa shape index (κ3) is 3.40. The van der Waals surface area contributed by atoms with E-state index in [9.17, 15) is 9.18 Å². The molecular weight excluding hydrogens is 323 g/mol. The number of carbonyl (C=O) groups excluding carboxylic acids is 1. The molecule has 132 valence electrons. The minimum atomic E-state index is -0.316. The lowest BCUT2D eigenvalue weighted by Gasteiger charge is -2.32. The van der Waals surface area contributed by atoms with Gasteiger partial charge in [0.15, 0.2) is 5.69 Å². The second-order valence-electron chi connectivity index (χ2n) is 6.48. The molecule has 1 amide bonds. The molecule has 8 heteroatoms. The van der Waals surface area contributed by atoms with Crippen LogP contribution in [0.15, 0.2) is 30.5 Å². The van der Waals surface area contributed by atoms with Crippen LogP contribution >= 0.6 is 0 Å². The molecule has 0 spiro atoms. The zero-order valence-corrected chi connectivity index (χ0v) is 13.9. The average Bonchev–Trinajstić information content (AvgIpc) is 3.33. The van der Waals surface area contributed by atoms with Gasteiger partial charge in [-0.15, -0.1) is 5.10 Å². The summed E-state index contributed by atoms with van der Waals surface area (Å²) in [5, 5.41) is 11.7. The molecule has 1 unspecified atom stereocenters. The zero-order valence-electron chi connectivity index (χ0n) is 13.9. The standard InChI is InChI=1S/C17H21FN6O/c18-13-1-3-14(4-2-13)24-20-11-16(21-24)17(25)23-8-5-15(12-23)22-9-6-19-7-10-22/h1-4,11,15,19H,5-10,12H2. The molecule has 1 aromatic heterocycles. The van der Waals surface area contributed by atoms with E-state index in [0.29, 0.717) is 17.4 Å². The molecule has 1 atom stereocenters. The van der Waals surface area contributed by atoms with Crippen LogP contribution < -0.4 is 5.32 Å². The lowest BCUT2D eigenvalue weighted by molar-refractivity contribution is 0.0767. The molecule has 1 aromatic carbocycles. The average molecular weight is 344 g/mol. The van der Waals surface area contributed by atoms with E-state index in [1.165, 1.54) is 23.1 Å². The Labute approximate surface area is 145 Å². The fourth-order valence-electron chi connectivity index (χ4n) is 3.49. The van der Waals surface area contributed by atoms with Gasteiger partial charge in [0, 0.05) is 45.3 Å². The Kier molecular flexibility index (Phi) is 4.46. The van der Waals surface area contributed by atoms with Gasteiger partial charge in [0.1, 0.15) is 5.82 Å². The maximum absolute atomic E-state index is 13.0. The molecular formula is C17H21FN6O. The maximum Gasteiger partial charge on any atom is 0.276 e. The van der Waals surface area contributed by atoms with E-state index in [0.717, 1.165) is 45.7 Å². The fourth-order valence-corrected chi connectivity index (χ4v) is 3.49. The van der Waals surface area contributed by atoms with Crippen molar-refractivity contribution in [1.82, 2.24) is 30.1 Å². The van der Waals surface area contributed by atoms with Crippen molar-refractivity contribution in [3.05, 3.63) is 42.0 Å². The van der Waals surface area contributed by atoms with E-state index >= 15 is 0 Å². The highest BCUT2D eigenvalue weighted by Gasteiger charge is 2.32. The number of nitrogens with one attached hydrogen (secondary N) is 1. The number of hydrogen-bond acceptors (Lipinski definition) is 5. The Bertz CT molecular complexity index is 740. The molecule has 2 aliphatic heterocycles. The number of amides is 1. The highest BCUT2D eigenvalue weighted by Crippen LogP contribution is 2.18. The van der Waals surface area contributed by atoms with Crippen molar-refractivity contribution in [2.75, 3.05) is 39.3 Å². The molecule has 25 heavy (non-hydrogen) atoms. The molecule has 2 saturated heterocycles. The third-order valence-corrected chi connectivity index (χ3v) is 4.89. The molecule has 7 nitrogen and oxygen atoms in total. The summed E-state index contributed by atoms with van der Waals surface area (Å²) in [4.78, 5) is 18.4. The summed E-state index contributed by atoms with van der Waals surface area (Å²) in [7, 11) is 0. The van der Waals surface area contributed by atoms with E-state index in [1.807, 2.05) is 4.90 Å². The molecule has 0 radical (unpaired) electrons. The number of carbonyl (C=O) groups is 1. The van der Waals surface area contributed by atoms with Crippen LogP contribution in [0.3, 0.4) is 0 Å². The second-order valence-corrected chi connectivity index (χ2v) is 6.48. The minimum absolute atomic E-state index is 0.0917. The van der Waals surface area contributed by atoms with Gasteiger partial charge in [-0.05, 0) is 30.7 Å². The van der Waals surface area contributed by atoms with Crippen LogP contribution in [-0.4, -0.2) is 76.0 Å². The first-order valence-electron chi connectivity index (χ1n) is 8.63. The van der Waals surface area contributed by atoms with Gasteiger partial charge < -0.3 is 10.2 Å². The van der Waals surface area contributed by atoms with Crippen LogP contribution in [0.4, 0.5) is 4.39 Å². The normalized spacial score (nSPS) is 21.6. The first-order chi connectivity index (χ1) is 12.2. The van der Waals surface area contributed by atoms with Gasteiger partial charge in [-0.3, -0.25) is 9.69 Å². The van der Waals surface area contributed by atoms with E-state index in [4.69, 9.17) is 0 Å². The van der Waals surface area contributed by atoms with Crippen LogP contribution in [0.2, 0.25) is 0 Å². The van der Waals surface area contributed by atoms with Crippen LogP contribution in [-0.2, 0) is 0 Å². The Morgan fingerprint density at radius 1 is 1.16 bits per heavy atom. The third-order valence-electron chi connectivity index (χ3n) is 4.89. The SMILES string of the molecule is O=C(c1cnn(-c2ccc(F)cc2)n1)N1CCC(N2CCNCC2)C1. The summed E-state index contributed by atoms with van der Waals surface area (Å²) in [6.45, 7) is 5.58. The molecule has 4 rings (SSSR count). The van der Waals surface area contributed by atoms with Gasteiger partial charge in [0.05, 0.1) is 11.9 Å². The molecule has 3 heterocycles. The number of hydrogen-bond donors (Lipinski definition) is 1. The van der Waals surface area contributed by atoms with Crippen molar-refractivity contribution in [1.29, 1.82) is 0 Å². The molecule has 0 bridgehead atoms. The van der Waals surface area contributed by atoms with E-state index < -0.39 is 0 Å². The molecule has 1 N–H and O–H groups in total. The number of piperazine rings is 1. The summed E-state index contributed by atoms with van der Waals surface area (Å²) in [6, 6.07) is 6.29. The molecule has 0 aliphatic carbocycles. The second kappa shape index (κ2) is 6.89. The summed E-state index contributed by atoms with van der Waals surface area (Å²) < 4.78 is 13.0. The monoisotopic (exact) mass is 344 g/mol. The molecule has 2 aromatic rings. The maximum atomic E-state index is 13.0. The van der Waals surface area contributed by atoms with Crippen molar-refractivity contribution < 1.29 is 9.18 Å². The van der Waals surface area contributed by atoms with Crippen LogP contribution in [0.25, 0.3) is 5.69 Å². The van der Waals surface area contributed by atoms with Crippen molar-refractivity contribution in [2.45, 2.75) is 12.5 Å². The number of nitrogens with zero attached hydrogens (tertiary/aromatic N) is 5. The lowest BCUT2D eigenvalue weighted by Crippen LogP contribution is -2.49. The summed E-state index contributed by atoms with van der Waals surface area (Å²) in [5.74, 6) is -0.408. The van der Waals surface area contributed by atoms with Crippen LogP contribution in [0.1, 0.15) is 16.9 Å². The van der Waals surface area contributed by atoms with Gasteiger partial charge in [0.25, 0.3) is 5.91 Å². The fraction of sp³-hybridized carbons (Fsp3) is 0.471. The number of benzene rings is 1.